The largest absolute Gasteiger partial charge is 0.508 e. The monoisotopic (exact) mass is 803 g/mol. The number of nitrogens with two attached hydrogens (primary N) is 5. The Kier molecular flexibility index (Phi) is 20.6. The fourth-order valence-corrected chi connectivity index (χ4v) is 6.59. The highest BCUT2D eigenvalue weighted by atomic mass is 16.4. The summed E-state index contributed by atoms with van der Waals surface area (Å²) in [6.45, 7) is 8.84. The lowest BCUT2D eigenvalue weighted by atomic mass is 9.96. The number of hydrogen-bond acceptors (Lipinski definition) is 10. The zero-order valence-electron chi connectivity index (χ0n) is 33.8. The van der Waals surface area contributed by atoms with Gasteiger partial charge in [0.05, 0.1) is 12.1 Å². The van der Waals surface area contributed by atoms with E-state index in [-0.39, 0.29) is 48.3 Å². The van der Waals surface area contributed by atoms with E-state index in [0.717, 1.165) is 0 Å². The molecule has 16 N–H and O–H groups in total. The number of aromatic hydroxyl groups is 1. The molecule has 0 saturated carbocycles. The summed E-state index contributed by atoms with van der Waals surface area (Å²) in [5.74, 6) is -3.67. The molecule has 0 radical (unpaired) electrons. The van der Waals surface area contributed by atoms with Crippen molar-refractivity contribution in [3.05, 3.63) is 29.8 Å². The Morgan fingerprint density at radius 3 is 2.02 bits per heavy atom. The number of aliphatic carboxylic acids is 1. The van der Waals surface area contributed by atoms with E-state index in [0.29, 0.717) is 76.7 Å². The first-order valence-corrected chi connectivity index (χ1v) is 19.7. The fourth-order valence-electron chi connectivity index (χ4n) is 6.59. The van der Waals surface area contributed by atoms with Crippen molar-refractivity contribution < 1.29 is 34.2 Å². The molecule has 1 unspecified atom stereocenters. The highest BCUT2D eigenvalue weighted by molar-refractivity contribution is 5.94. The second-order valence-corrected chi connectivity index (χ2v) is 15.2. The number of rotatable bonds is 25. The number of carboxylic acid groups (broad SMARTS) is 1. The van der Waals surface area contributed by atoms with Crippen molar-refractivity contribution in [3.8, 4) is 5.75 Å². The second kappa shape index (κ2) is 24.5. The van der Waals surface area contributed by atoms with Crippen molar-refractivity contribution >= 4 is 41.5 Å². The van der Waals surface area contributed by atoms with E-state index in [4.69, 9.17) is 28.7 Å². The first-order chi connectivity index (χ1) is 26.9. The van der Waals surface area contributed by atoms with E-state index >= 15 is 0 Å². The maximum Gasteiger partial charge on any atom is 0.326 e. The maximum atomic E-state index is 14.1. The molecular weight excluding hydrogens is 736 g/mol. The fraction of sp³-hybridized carbons (Fsp3) is 0.658. The molecule has 0 spiro atoms. The number of hydrogen-bond donors (Lipinski definition) is 11. The summed E-state index contributed by atoms with van der Waals surface area (Å²) in [6.07, 6.45) is 3.78. The lowest BCUT2D eigenvalue weighted by molar-refractivity contribution is -0.143. The lowest BCUT2D eigenvalue weighted by Gasteiger charge is -2.31. The van der Waals surface area contributed by atoms with Crippen LogP contribution in [0.25, 0.3) is 0 Å². The van der Waals surface area contributed by atoms with Crippen LogP contribution in [0.4, 0.5) is 0 Å². The molecule has 1 saturated heterocycles. The first-order valence-electron chi connectivity index (χ1n) is 19.7. The van der Waals surface area contributed by atoms with E-state index in [1.807, 2.05) is 25.7 Å². The molecule has 4 amide bonds. The predicted molar refractivity (Wildman–Crippen MR) is 218 cm³/mol. The number of aliphatic imine (C=N–C) groups is 2. The number of amides is 4. The van der Waals surface area contributed by atoms with Crippen molar-refractivity contribution in [1.29, 1.82) is 0 Å². The number of nitrogens with one attached hydrogen (secondary N) is 4. The molecule has 0 aromatic heterocycles. The zero-order valence-corrected chi connectivity index (χ0v) is 33.8. The van der Waals surface area contributed by atoms with E-state index in [9.17, 15) is 34.2 Å². The lowest BCUT2D eigenvalue weighted by Crippen LogP contribution is -2.59. The predicted octanol–water partition coefficient (Wildman–Crippen LogP) is -1.05. The Morgan fingerprint density at radius 2 is 1.46 bits per heavy atom. The SMILES string of the molecule is CCC(C)[C@H](NC(=O)[C@H](Cc1ccc(O)cc1)NC(=O)[C@@H]1CCCN1C[C@H](CCCN=C(N)N)NC(=O)[C@@H](N)CCCN=C(N)N)C(=O)N[C@@H](CC(C)C)C(=O)O. The van der Waals surface area contributed by atoms with E-state index in [1.165, 1.54) is 12.1 Å². The van der Waals surface area contributed by atoms with Gasteiger partial charge in [-0.3, -0.25) is 34.1 Å². The number of carboxylic acids is 1. The molecular formula is C38H66N12O7. The number of carbonyl (C=O) groups excluding carboxylic acids is 4. The molecule has 7 atom stereocenters. The molecule has 2 rings (SSSR count). The summed E-state index contributed by atoms with van der Waals surface area (Å²) < 4.78 is 0. The van der Waals surface area contributed by atoms with Crippen LogP contribution in [0.1, 0.15) is 84.6 Å². The summed E-state index contributed by atoms with van der Waals surface area (Å²) in [5, 5.41) is 30.9. The molecule has 320 valence electrons. The molecule has 57 heavy (non-hydrogen) atoms. The van der Waals surface area contributed by atoms with Gasteiger partial charge in [0.2, 0.25) is 23.6 Å². The second-order valence-electron chi connectivity index (χ2n) is 15.2. The van der Waals surface area contributed by atoms with Crippen LogP contribution in [-0.4, -0.2) is 119 Å². The highest BCUT2D eigenvalue weighted by Crippen LogP contribution is 2.20. The third-order valence-electron chi connectivity index (χ3n) is 9.90. The minimum absolute atomic E-state index is 0.00945. The van der Waals surface area contributed by atoms with Gasteiger partial charge in [-0.15, -0.1) is 0 Å². The van der Waals surface area contributed by atoms with Gasteiger partial charge in [0.25, 0.3) is 0 Å². The van der Waals surface area contributed by atoms with Crippen molar-refractivity contribution in [3.63, 3.8) is 0 Å². The summed E-state index contributed by atoms with van der Waals surface area (Å²) in [6, 6.07) is 0.960. The number of phenolic OH excluding ortho intramolecular Hbond substituents is 1. The van der Waals surface area contributed by atoms with Crippen LogP contribution in [0.2, 0.25) is 0 Å². The zero-order chi connectivity index (χ0) is 42.7. The Morgan fingerprint density at radius 1 is 0.842 bits per heavy atom. The van der Waals surface area contributed by atoms with E-state index in [2.05, 4.69) is 31.3 Å². The van der Waals surface area contributed by atoms with E-state index < -0.39 is 59.9 Å². The number of benzene rings is 1. The van der Waals surface area contributed by atoms with Crippen molar-refractivity contribution in [1.82, 2.24) is 26.2 Å². The molecule has 0 bridgehead atoms. The van der Waals surface area contributed by atoms with Crippen LogP contribution < -0.4 is 49.9 Å². The molecule has 1 aliphatic heterocycles. The summed E-state index contributed by atoms with van der Waals surface area (Å²) >= 11 is 0. The third kappa shape index (κ3) is 17.7. The average molecular weight is 803 g/mol. The Bertz CT molecular complexity index is 1520. The van der Waals surface area contributed by atoms with Crippen LogP contribution in [0.3, 0.4) is 0 Å². The van der Waals surface area contributed by atoms with Gasteiger partial charge in [-0.05, 0) is 81.0 Å². The van der Waals surface area contributed by atoms with Crippen LogP contribution in [0.5, 0.6) is 5.75 Å². The molecule has 19 heteroatoms. The third-order valence-corrected chi connectivity index (χ3v) is 9.90. The first kappa shape index (κ1) is 48.0. The molecule has 1 heterocycles. The van der Waals surface area contributed by atoms with Crippen molar-refractivity contribution in [2.45, 2.75) is 122 Å². The summed E-state index contributed by atoms with van der Waals surface area (Å²) in [4.78, 5) is 76.7. The van der Waals surface area contributed by atoms with Crippen molar-refractivity contribution in [2.75, 3.05) is 26.2 Å². The number of carbonyl (C=O) groups is 5. The minimum atomic E-state index is -1.18. The smallest absolute Gasteiger partial charge is 0.326 e. The average Bonchev–Trinajstić information content (AvgIpc) is 3.61. The van der Waals surface area contributed by atoms with E-state index in [1.54, 1.807) is 19.1 Å². The number of phenols is 1. The van der Waals surface area contributed by atoms with Gasteiger partial charge in [-0.2, -0.15) is 0 Å². The van der Waals surface area contributed by atoms with Gasteiger partial charge in [0, 0.05) is 32.1 Å². The van der Waals surface area contributed by atoms with Gasteiger partial charge in [0.15, 0.2) is 11.9 Å². The minimum Gasteiger partial charge on any atom is -0.508 e. The molecule has 19 nitrogen and oxygen atoms in total. The van der Waals surface area contributed by atoms with Gasteiger partial charge in [0.1, 0.15) is 23.9 Å². The number of likely N-dealkylation sites (tertiary alicyclic amines) is 1. The van der Waals surface area contributed by atoms with Gasteiger partial charge < -0.3 is 60.1 Å². The number of nitrogens with zero attached hydrogens (tertiary/aromatic N) is 3. The van der Waals surface area contributed by atoms with Crippen LogP contribution in [0.15, 0.2) is 34.3 Å². The van der Waals surface area contributed by atoms with Crippen LogP contribution in [0, 0.1) is 11.8 Å². The Labute approximate surface area is 335 Å². The standard InChI is InChI=1S/C38H66N12O7/c1-5-23(4)31(35(55)48-29(36(56)57)19-22(2)3)49-33(53)28(20-24-12-14-26(51)15-13-24)47-34(54)30-11-8-18-50(30)21-25(9-6-16-44-37(40)41)46-32(52)27(39)10-7-17-45-38(42)43/h12-15,22-23,25,27-31,51H,5-11,16-21,39H2,1-4H3,(H,46,52)(H,47,54)(H,48,55)(H,49,53)(H,56,57)(H4,40,41,44)(H4,42,43,45)/t23?,25-,27-,28-,29-,30-,31-/m0/s1. The quantitative estimate of drug-likeness (QED) is 0.0320. The molecule has 1 aliphatic rings. The maximum absolute atomic E-state index is 14.1. The molecule has 1 aromatic carbocycles. The molecule has 0 aliphatic carbocycles. The molecule has 1 fully saturated rings. The van der Waals surface area contributed by atoms with Gasteiger partial charge >= 0.3 is 5.97 Å². The Balaban J connectivity index is 2.30. The highest BCUT2D eigenvalue weighted by Gasteiger charge is 2.37. The summed E-state index contributed by atoms with van der Waals surface area (Å²) in [7, 11) is 0. The van der Waals surface area contributed by atoms with Gasteiger partial charge in [-0.25, -0.2) is 4.79 Å². The van der Waals surface area contributed by atoms with Crippen LogP contribution >= 0.6 is 0 Å². The van der Waals surface area contributed by atoms with Gasteiger partial charge in [-0.1, -0.05) is 46.2 Å². The van der Waals surface area contributed by atoms with Crippen molar-refractivity contribution in [2.24, 2.45) is 50.5 Å². The number of guanidine groups is 2. The molecule has 1 aromatic rings. The summed E-state index contributed by atoms with van der Waals surface area (Å²) in [5.41, 5.74) is 28.6. The van der Waals surface area contributed by atoms with Crippen LogP contribution in [-0.2, 0) is 30.4 Å². The topological polar surface area (TPSA) is 332 Å². The Hall–Kier alpha value is -5.17. The normalized spacial score (nSPS) is 17.3.